The molecule has 0 radical (unpaired) electrons. The summed E-state index contributed by atoms with van der Waals surface area (Å²) in [6, 6.07) is 2.81. The molecule has 78 valence electrons. The number of nitrogens with one attached hydrogen (secondary N) is 1. The maximum Gasteiger partial charge on any atom is 0.293 e. The van der Waals surface area contributed by atoms with Crippen molar-refractivity contribution in [2.24, 2.45) is 0 Å². The number of benzene rings is 1. The number of aromatic hydroxyl groups is 1. The molecule has 0 bridgehead atoms. The summed E-state index contributed by atoms with van der Waals surface area (Å²) < 4.78 is 13.5. The smallest absolute Gasteiger partial charge is 0.293 e. The lowest BCUT2D eigenvalue weighted by Gasteiger charge is -2.04. The maximum atomic E-state index is 13.5. The minimum atomic E-state index is -1.07. The second-order valence-electron chi connectivity index (χ2n) is 2.90. The van der Waals surface area contributed by atoms with Gasteiger partial charge in [0.1, 0.15) is 0 Å². The highest BCUT2D eigenvalue weighted by Crippen LogP contribution is 2.31. The SMILES string of the molecule is O=c1[nH]c2c(Cl)ccc(Cl)c2c(F)c1O. The Bertz CT molecular complexity index is 609. The summed E-state index contributed by atoms with van der Waals surface area (Å²) >= 11 is 11.5. The van der Waals surface area contributed by atoms with Gasteiger partial charge in [-0.2, -0.15) is 0 Å². The Morgan fingerprint density at radius 1 is 1.27 bits per heavy atom. The number of pyridine rings is 1. The molecule has 0 unspecified atom stereocenters. The molecule has 0 amide bonds. The molecule has 0 aliphatic rings. The molecule has 1 aromatic carbocycles. The first kappa shape index (κ1) is 10.3. The van der Waals surface area contributed by atoms with Crippen LogP contribution < -0.4 is 5.56 Å². The molecule has 1 heterocycles. The molecular formula is C9H4Cl2FNO2. The second kappa shape index (κ2) is 3.40. The van der Waals surface area contributed by atoms with Crippen molar-refractivity contribution in [1.82, 2.24) is 4.98 Å². The molecule has 0 atom stereocenters. The van der Waals surface area contributed by atoms with E-state index in [2.05, 4.69) is 4.98 Å². The van der Waals surface area contributed by atoms with E-state index in [1.54, 1.807) is 0 Å². The highest BCUT2D eigenvalue weighted by molar-refractivity contribution is 6.39. The van der Waals surface area contributed by atoms with Gasteiger partial charge in [0.2, 0.25) is 5.75 Å². The lowest BCUT2D eigenvalue weighted by atomic mass is 10.2. The van der Waals surface area contributed by atoms with Crippen molar-refractivity contribution in [3.8, 4) is 5.75 Å². The summed E-state index contributed by atoms with van der Waals surface area (Å²) in [6.45, 7) is 0. The fourth-order valence-electron chi connectivity index (χ4n) is 1.28. The van der Waals surface area contributed by atoms with Gasteiger partial charge < -0.3 is 10.1 Å². The van der Waals surface area contributed by atoms with E-state index in [1.807, 2.05) is 0 Å². The minimum absolute atomic E-state index is 0.0680. The van der Waals surface area contributed by atoms with Gasteiger partial charge in [0.25, 0.3) is 5.56 Å². The van der Waals surface area contributed by atoms with Crippen molar-refractivity contribution in [3.63, 3.8) is 0 Å². The Morgan fingerprint density at radius 2 is 1.87 bits per heavy atom. The Kier molecular flexibility index (Phi) is 2.32. The third kappa shape index (κ3) is 1.46. The van der Waals surface area contributed by atoms with Crippen LogP contribution in [0.2, 0.25) is 10.0 Å². The van der Waals surface area contributed by atoms with E-state index < -0.39 is 17.1 Å². The molecule has 0 aliphatic heterocycles. The van der Waals surface area contributed by atoms with Gasteiger partial charge in [0.05, 0.1) is 20.9 Å². The van der Waals surface area contributed by atoms with E-state index >= 15 is 0 Å². The number of H-pyrrole nitrogens is 1. The average Bonchev–Trinajstić information content (AvgIpc) is 2.20. The lowest BCUT2D eigenvalue weighted by Crippen LogP contribution is -2.07. The quantitative estimate of drug-likeness (QED) is 0.752. The van der Waals surface area contributed by atoms with E-state index in [9.17, 15) is 9.18 Å². The first-order valence-electron chi connectivity index (χ1n) is 3.91. The summed E-state index contributed by atoms with van der Waals surface area (Å²) in [4.78, 5) is 13.3. The van der Waals surface area contributed by atoms with Crippen LogP contribution in [0.3, 0.4) is 0 Å². The lowest BCUT2D eigenvalue weighted by molar-refractivity contribution is 0.428. The summed E-state index contributed by atoms with van der Waals surface area (Å²) in [5, 5.41) is 9.23. The Balaban J connectivity index is 3.11. The molecule has 1 aromatic heterocycles. The number of fused-ring (bicyclic) bond motifs is 1. The van der Waals surface area contributed by atoms with Gasteiger partial charge in [-0.1, -0.05) is 23.2 Å². The number of aromatic nitrogens is 1. The molecule has 2 rings (SSSR count). The summed E-state index contributed by atoms with van der Waals surface area (Å²) in [6.07, 6.45) is 0. The van der Waals surface area contributed by atoms with Gasteiger partial charge in [-0.3, -0.25) is 4.79 Å². The molecule has 15 heavy (non-hydrogen) atoms. The molecule has 2 aromatic rings. The highest BCUT2D eigenvalue weighted by atomic mass is 35.5. The Labute approximate surface area is 93.1 Å². The predicted molar refractivity (Wildman–Crippen MR) is 56.2 cm³/mol. The zero-order valence-corrected chi connectivity index (χ0v) is 8.66. The van der Waals surface area contributed by atoms with Crippen LogP contribution in [0.25, 0.3) is 10.9 Å². The van der Waals surface area contributed by atoms with E-state index in [0.717, 1.165) is 0 Å². The Hall–Kier alpha value is -1.26. The Morgan fingerprint density at radius 3 is 2.53 bits per heavy atom. The largest absolute Gasteiger partial charge is 0.501 e. The van der Waals surface area contributed by atoms with Gasteiger partial charge in [0.15, 0.2) is 5.82 Å². The predicted octanol–water partition coefficient (Wildman–Crippen LogP) is 2.68. The monoisotopic (exact) mass is 247 g/mol. The normalized spacial score (nSPS) is 10.9. The van der Waals surface area contributed by atoms with Crippen LogP contribution in [0.15, 0.2) is 16.9 Å². The molecule has 6 heteroatoms. The third-order valence-electron chi connectivity index (χ3n) is 1.98. The first-order chi connectivity index (χ1) is 7.02. The standard InChI is InChI=1S/C9H4Cl2FNO2/c10-3-1-2-4(11)7-5(3)6(12)8(14)9(15)13-7/h1-2,14H,(H,13,15). The first-order valence-corrected chi connectivity index (χ1v) is 4.66. The summed E-state index contributed by atoms with van der Waals surface area (Å²) in [5.41, 5.74) is -0.867. The second-order valence-corrected chi connectivity index (χ2v) is 3.71. The fraction of sp³-hybridized carbons (Fsp3) is 0. The van der Waals surface area contributed by atoms with E-state index in [-0.39, 0.29) is 20.9 Å². The molecule has 0 fully saturated rings. The number of hydrogen-bond donors (Lipinski definition) is 2. The van der Waals surface area contributed by atoms with Gasteiger partial charge in [-0.25, -0.2) is 4.39 Å². The van der Waals surface area contributed by atoms with Gasteiger partial charge in [0, 0.05) is 0 Å². The van der Waals surface area contributed by atoms with Crippen molar-refractivity contribution in [1.29, 1.82) is 0 Å². The van der Waals surface area contributed by atoms with E-state index in [4.69, 9.17) is 28.3 Å². The molecule has 3 nitrogen and oxygen atoms in total. The van der Waals surface area contributed by atoms with Crippen LogP contribution in [0.1, 0.15) is 0 Å². The van der Waals surface area contributed by atoms with Crippen LogP contribution in [0.4, 0.5) is 4.39 Å². The topological polar surface area (TPSA) is 53.1 Å². The van der Waals surface area contributed by atoms with E-state index in [0.29, 0.717) is 0 Å². The number of halogens is 3. The molecule has 0 saturated heterocycles. The van der Waals surface area contributed by atoms with Crippen LogP contribution in [0.5, 0.6) is 5.75 Å². The highest BCUT2D eigenvalue weighted by Gasteiger charge is 2.15. The van der Waals surface area contributed by atoms with Crippen molar-refractivity contribution < 1.29 is 9.50 Å². The number of aromatic amines is 1. The molecule has 0 aliphatic carbocycles. The summed E-state index contributed by atoms with van der Waals surface area (Å²) in [5.74, 6) is -2.06. The average molecular weight is 248 g/mol. The number of hydrogen-bond acceptors (Lipinski definition) is 2. The van der Waals surface area contributed by atoms with Crippen LogP contribution in [0, 0.1) is 5.82 Å². The van der Waals surface area contributed by atoms with Gasteiger partial charge >= 0.3 is 0 Å². The zero-order chi connectivity index (χ0) is 11.2. The van der Waals surface area contributed by atoms with Crippen LogP contribution in [-0.2, 0) is 0 Å². The third-order valence-corrected chi connectivity index (χ3v) is 2.61. The van der Waals surface area contributed by atoms with Crippen LogP contribution in [-0.4, -0.2) is 10.1 Å². The number of rotatable bonds is 0. The van der Waals surface area contributed by atoms with Gasteiger partial charge in [-0.05, 0) is 12.1 Å². The van der Waals surface area contributed by atoms with Crippen molar-refractivity contribution in [2.75, 3.05) is 0 Å². The van der Waals surface area contributed by atoms with Crippen LogP contribution >= 0.6 is 23.2 Å². The minimum Gasteiger partial charge on any atom is -0.501 e. The maximum absolute atomic E-state index is 13.5. The van der Waals surface area contributed by atoms with Gasteiger partial charge in [-0.15, -0.1) is 0 Å². The molecular weight excluding hydrogens is 244 g/mol. The zero-order valence-electron chi connectivity index (χ0n) is 7.14. The summed E-state index contributed by atoms with van der Waals surface area (Å²) in [7, 11) is 0. The van der Waals surface area contributed by atoms with Crippen molar-refractivity contribution in [2.45, 2.75) is 0 Å². The molecule has 2 N–H and O–H groups in total. The molecule has 0 spiro atoms. The fourth-order valence-corrected chi connectivity index (χ4v) is 1.72. The van der Waals surface area contributed by atoms with Crippen molar-refractivity contribution >= 4 is 34.1 Å². The van der Waals surface area contributed by atoms with Crippen molar-refractivity contribution in [3.05, 3.63) is 38.3 Å². The molecule has 0 saturated carbocycles. The van der Waals surface area contributed by atoms with E-state index in [1.165, 1.54) is 12.1 Å².